The van der Waals surface area contributed by atoms with E-state index in [0.717, 1.165) is 28.4 Å². The monoisotopic (exact) mass is 358 g/mol. The predicted molar refractivity (Wildman–Crippen MR) is 108 cm³/mol. The zero-order chi connectivity index (χ0) is 19.0. The third-order valence-corrected chi connectivity index (χ3v) is 5.17. The van der Waals surface area contributed by atoms with Crippen LogP contribution >= 0.6 is 0 Å². The standard InChI is InChI=1S/C23H22N2O2/c1-3-19(16-12-10-15(2)11-13-16)24-21(26)14-25-20-9-5-7-17-6-4-8-18(22(17)20)23(25)27/h4-13,19H,3,14H2,1-2H3,(H,24,26)/t19-/m1/s1. The number of carbonyl (C=O) groups excluding carboxylic acids is 2. The largest absolute Gasteiger partial charge is 0.348 e. The van der Waals surface area contributed by atoms with E-state index in [1.807, 2.05) is 74.5 Å². The lowest BCUT2D eigenvalue weighted by Gasteiger charge is -2.21. The number of carbonyl (C=O) groups is 2. The van der Waals surface area contributed by atoms with E-state index < -0.39 is 0 Å². The van der Waals surface area contributed by atoms with E-state index in [1.165, 1.54) is 5.56 Å². The summed E-state index contributed by atoms with van der Waals surface area (Å²) < 4.78 is 0. The first-order valence-electron chi connectivity index (χ1n) is 9.28. The molecule has 2 amide bonds. The molecule has 3 aromatic rings. The summed E-state index contributed by atoms with van der Waals surface area (Å²) in [5.41, 5.74) is 3.75. The predicted octanol–water partition coefficient (Wildman–Crippen LogP) is 4.38. The Balaban J connectivity index is 1.54. The number of benzene rings is 3. The first kappa shape index (κ1) is 17.3. The molecule has 4 heteroatoms. The molecular formula is C23H22N2O2. The quantitative estimate of drug-likeness (QED) is 0.736. The van der Waals surface area contributed by atoms with E-state index in [0.29, 0.717) is 5.56 Å². The fourth-order valence-corrected chi connectivity index (χ4v) is 3.74. The first-order valence-corrected chi connectivity index (χ1v) is 9.28. The topological polar surface area (TPSA) is 49.4 Å². The van der Waals surface area contributed by atoms with Crippen molar-refractivity contribution >= 4 is 28.3 Å². The van der Waals surface area contributed by atoms with Crippen molar-refractivity contribution in [3.05, 3.63) is 77.4 Å². The molecule has 27 heavy (non-hydrogen) atoms. The summed E-state index contributed by atoms with van der Waals surface area (Å²) in [5.74, 6) is -0.263. The van der Waals surface area contributed by atoms with E-state index in [1.54, 1.807) is 4.90 Å². The molecule has 1 heterocycles. The van der Waals surface area contributed by atoms with E-state index in [2.05, 4.69) is 5.32 Å². The fourth-order valence-electron chi connectivity index (χ4n) is 3.74. The van der Waals surface area contributed by atoms with Crippen molar-refractivity contribution < 1.29 is 9.59 Å². The minimum absolute atomic E-state index is 0.0228. The lowest BCUT2D eigenvalue weighted by Crippen LogP contribution is -2.40. The second-order valence-electron chi connectivity index (χ2n) is 7.01. The molecule has 1 aliphatic heterocycles. The molecule has 1 aliphatic rings. The molecule has 1 N–H and O–H groups in total. The Morgan fingerprint density at radius 3 is 2.44 bits per heavy atom. The second kappa shape index (κ2) is 6.88. The third kappa shape index (κ3) is 3.08. The van der Waals surface area contributed by atoms with E-state index in [9.17, 15) is 9.59 Å². The van der Waals surface area contributed by atoms with Crippen LogP contribution in [0.3, 0.4) is 0 Å². The minimum Gasteiger partial charge on any atom is -0.348 e. The van der Waals surface area contributed by atoms with Crippen LogP contribution in [-0.2, 0) is 4.79 Å². The highest BCUT2D eigenvalue weighted by Crippen LogP contribution is 2.36. The van der Waals surface area contributed by atoms with Crippen LogP contribution in [0.25, 0.3) is 10.8 Å². The number of nitrogens with one attached hydrogen (secondary N) is 1. The zero-order valence-corrected chi connectivity index (χ0v) is 15.5. The first-order chi connectivity index (χ1) is 13.1. The molecule has 4 nitrogen and oxygen atoms in total. The average Bonchev–Trinajstić information content (AvgIpc) is 2.95. The summed E-state index contributed by atoms with van der Waals surface area (Å²) in [6, 6.07) is 19.6. The van der Waals surface area contributed by atoms with E-state index >= 15 is 0 Å². The molecule has 0 spiro atoms. The number of amides is 2. The van der Waals surface area contributed by atoms with Gasteiger partial charge in [0.25, 0.3) is 5.91 Å². The van der Waals surface area contributed by atoms with Gasteiger partial charge in [-0.05, 0) is 36.4 Å². The van der Waals surface area contributed by atoms with E-state index in [-0.39, 0.29) is 24.4 Å². The van der Waals surface area contributed by atoms with Gasteiger partial charge in [-0.3, -0.25) is 14.5 Å². The maximum atomic E-state index is 12.8. The van der Waals surface area contributed by atoms with Crippen LogP contribution in [0.1, 0.15) is 40.9 Å². The van der Waals surface area contributed by atoms with Gasteiger partial charge < -0.3 is 5.32 Å². The number of aryl methyl sites for hydroxylation is 1. The van der Waals surface area contributed by atoms with Crippen LogP contribution in [-0.4, -0.2) is 18.4 Å². The smallest absolute Gasteiger partial charge is 0.259 e. The van der Waals surface area contributed by atoms with Crippen molar-refractivity contribution in [2.45, 2.75) is 26.3 Å². The van der Waals surface area contributed by atoms with Gasteiger partial charge in [-0.25, -0.2) is 0 Å². The van der Waals surface area contributed by atoms with Crippen molar-refractivity contribution in [1.82, 2.24) is 5.32 Å². The highest BCUT2D eigenvalue weighted by Gasteiger charge is 2.31. The fraction of sp³-hybridized carbons (Fsp3) is 0.217. The highest BCUT2D eigenvalue weighted by molar-refractivity contribution is 6.26. The Morgan fingerprint density at radius 1 is 1.04 bits per heavy atom. The summed E-state index contributed by atoms with van der Waals surface area (Å²) in [4.78, 5) is 27.1. The number of hydrogen-bond donors (Lipinski definition) is 1. The summed E-state index contributed by atoms with van der Waals surface area (Å²) >= 11 is 0. The van der Waals surface area contributed by atoms with Crippen LogP contribution in [0.2, 0.25) is 0 Å². The van der Waals surface area contributed by atoms with Crippen LogP contribution in [0.5, 0.6) is 0 Å². The van der Waals surface area contributed by atoms with Gasteiger partial charge in [0, 0.05) is 10.9 Å². The summed E-state index contributed by atoms with van der Waals surface area (Å²) in [5, 5.41) is 5.03. The molecule has 3 aromatic carbocycles. The number of hydrogen-bond acceptors (Lipinski definition) is 2. The molecule has 0 saturated heterocycles. The molecule has 0 aromatic heterocycles. The molecule has 0 bridgehead atoms. The Bertz CT molecular complexity index is 1020. The van der Waals surface area contributed by atoms with Gasteiger partial charge in [-0.1, -0.05) is 61.0 Å². The Hall–Kier alpha value is -3.14. The highest BCUT2D eigenvalue weighted by atomic mass is 16.2. The van der Waals surface area contributed by atoms with Crippen LogP contribution in [0, 0.1) is 6.92 Å². The number of nitrogens with zero attached hydrogens (tertiary/aromatic N) is 1. The maximum absolute atomic E-state index is 12.8. The molecule has 4 rings (SSSR count). The minimum atomic E-state index is -0.152. The lowest BCUT2D eigenvalue weighted by atomic mass is 10.0. The van der Waals surface area contributed by atoms with Gasteiger partial charge in [-0.2, -0.15) is 0 Å². The van der Waals surface area contributed by atoms with Crippen molar-refractivity contribution in [2.75, 3.05) is 11.4 Å². The van der Waals surface area contributed by atoms with Crippen molar-refractivity contribution in [2.24, 2.45) is 0 Å². The van der Waals surface area contributed by atoms with Gasteiger partial charge in [0.2, 0.25) is 5.91 Å². The maximum Gasteiger partial charge on any atom is 0.259 e. The normalized spacial score (nSPS) is 13.9. The molecule has 1 atom stereocenters. The van der Waals surface area contributed by atoms with Gasteiger partial charge in [0.15, 0.2) is 0 Å². The molecule has 0 unspecified atom stereocenters. The summed E-state index contributed by atoms with van der Waals surface area (Å²) in [6.45, 7) is 4.11. The lowest BCUT2D eigenvalue weighted by molar-refractivity contribution is -0.120. The third-order valence-electron chi connectivity index (χ3n) is 5.17. The van der Waals surface area contributed by atoms with Gasteiger partial charge in [0.05, 0.1) is 11.7 Å². The zero-order valence-electron chi connectivity index (χ0n) is 15.5. The van der Waals surface area contributed by atoms with Crippen LogP contribution in [0.15, 0.2) is 60.7 Å². The molecule has 0 fully saturated rings. The summed E-state index contributed by atoms with van der Waals surface area (Å²) in [7, 11) is 0. The Kier molecular flexibility index (Phi) is 4.40. The molecule has 0 radical (unpaired) electrons. The average molecular weight is 358 g/mol. The van der Waals surface area contributed by atoms with Gasteiger partial charge >= 0.3 is 0 Å². The van der Waals surface area contributed by atoms with Gasteiger partial charge in [-0.15, -0.1) is 0 Å². The van der Waals surface area contributed by atoms with Crippen molar-refractivity contribution in [1.29, 1.82) is 0 Å². The van der Waals surface area contributed by atoms with E-state index in [4.69, 9.17) is 0 Å². The second-order valence-corrected chi connectivity index (χ2v) is 7.01. The number of anilines is 1. The molecule has 0 saturated carbocycles. The van der Waals surface area contributed by atoms with Crippen LogP contribution < -0.4 is 10.2 Å². The summed E-state index contributed by atoms with van der Waals surface area (Å²) in [6.07, 6.45) is 0.790. The Morgan fingerprint density at radius 2 is 1.74 bits per heavy atom. The SMILES string of the molecule is CC[C@@H](NC(=O)CN1C(=O)c2cccc3cccc1c23)c1ccc(C)cc1. The van der Waals surface area contributed by atoms with Crippen LogP contribution in [0.4, 0.5) is 5.69 Å². The van der Waals surface area contributed by atoms with Gasteiger partial charge in [0.1, 0.15) is 6.54 Å². The molecule has 0 aliphatic carbocycles. The van der Waals surface area contributed by atoms with Crippen molar-refractivity contribution in [3.63, 3.8) is 0 Å². The van der Waals surface area contributed by atoms with Crippen molar-refractivity contribution in [3.8, 4) is 0 Å². The molecular weight excluding hydrogens is 336 g/mol. The Labute approximate surface area is 158 Å². The number of rotatable bonds is 5. The molecule has 136 valence electrons.